The Bertz CT molecular complexity index is 1160. The van der Waals surface area contributed by atoms with Crippen molar-refractivity contribution in [2.45, 2.75) is 84.5 Å². The summed E-state index contributed by atoms with van der Waals surface area (Å²) in [6, 6.07) is -0.330. The maximum absolute atomic E-state index is 12.7. The Kier molecular flexibility index (Phi) is 13.2. The third kappa shape index (κ3) is 13.5. The second-order valence-electron chi connectivity index (χ2n) is 11.3. The van der Waals surface area contributed by atoms with Crippen LogP contribution in [0.25, 0.3) is 0 Å². The van der Waals surface area contributed by atoms with Gasteiger partial charge in [0, 0.05) is 36.3 Å². The summed E-state index contributed by atoms with van der Waals surface area (Å²) in [7, 11) is 3.21. The van der Waals surface area contributed by atoms with Gasteiger partial charge >= 0.3 is 11.9 Å². The van der Waals surface area contributed by atoms with E-state index in [1.807, 2.05) is 70.4 Å². The number of carbonyl (C=O) groups is 2. The van der Waals surface area contributed by atoms with Gasteiger partial charge in [-0.15, -0.1) is 11.3 Å². The van der Waals surface area contributed by atoms with Gasteiger partial charge in [0.15, 0.2) is 0 Å². The van der Waals surface area contributed by atoms with Crippen molar-refractivity contribution >= 4 is 23.3 Å². The number of rotatable bonds is 5. The molecular formula is C31H45N3O5S. The van der Waals surface area contributed by atoms with E-state index in [0.717, 1.165) is 27.4 Å². The van der Waals surface area contributed by atoms with Crippen LogP contribution in [-0.4, -0.2) is 60.5 Å². The zero-order valence-corrected chi connectivity index (χ0v) is 25.7. The number of hydrogen-bond acceptors (Lipinski definition) is 8. The van der Waals surface area contributed by atoms with Gasteiger partial charge in [-0.05, 0) is 51.8 Å². The molecule has 0 aromatic carbocycles. The summed E-state index contributed by atoms with van der Waals surface area (Å²) in [5, 5.41) is 14.7. The van der Waals surface area contributed by atoms with Crippen LogP contribution in [0, 0.1) is 5.21 Å². The number of thiazole rings is 1. The maximum Gasteiger partial charge on any atom is 0.331 e. The summed E-state index contributed by atoms with van der Waals surface area (Å²) in [4.78, 5) is 29.9. The number of nitrogens with two attached hydrogens (primary N) is 1. The van der Waals surface area contributed by atoms with Crippen molar-refractivity contribution in [3.05, 3.63) is 80.5 Å². The molecule has 0 aliphatic carbocycles. The Labute approximate surface area is 243 Å². The molecule has 1 aliphatic rings. The van der Waals surface area contributed by atoms with E-state index in [0.29, 0.717) is 25.8 Å². The van der Waals surface area contributed by atoms with E-state index < -0.39 is 12.1 Å². The van der Waals surface area contributed by atoms with Crippen molar-refractivity contribution in [1.29, 1.82) is 0 Å². The quantitative estimate of drug-likeness (QED) is 0.210. The molecule has 9 heteroatoms. The van der Waals surface area contributed by atoms with E-state index in [2.05, 4.69) is 0 Å². The summed E-state index contributed by atoms with van der Waals surface area (Å²) in [5.41, 5.74) is 10.1. The average molecular weight is 572 g/mol. The SMILES string of the molecule is CC(/C=C/C(C)=C/C1Cc2nc(cs2)C(C)CC(N)CC(=O)OC(C)C/C(C)=C/C=C\C(=O)O1)=C\C[N+](C)(C)[O-]. The van der Waals surface area contributed by atoms with E-state index in [9.17, 15) is 14.8 Å². The summed E-state index contributed by atoms with van der Waals surface area (Å²) in [6.07, 6.45) is 13.5. The molecule has 1 aromatic rings. The number of hydrogen-bond donors (Lipinski definition) is 1. The highest BCUT2D eigenvalue weighted by Crippen LogP contribution is 2.25. The smallest absolute Gasteiger partial charge is 0.331 e. The molecule has 2 heterocycles. The van der Waals surface area contributed by atoms with Gasteiger partial charge in [-0.25, -0.2) is 9.78 Å². The van der Waals surface area contributed by atoms with E-state index in [4.69, 9.17) is 20.2 Å². The first-order valence-corrected chi connectivity index (χ1v) is 14.6. The number of hydroxylamine groups is 3. The fourth-order valence-corrected chi connectivity index (χ4v) is 5.14. The van der Waals surface area contributed by atoms with E-state index >= 15 is 0 Å². The minimum Gasteiger partial charge on any atom is -0.633 e. The van der Waals surface area contributed by atoms with Crippen LogP contribution in [0.2, 0.25) is 0 Å². The lowest BCUT2D eigenvalue weighted by Gasteiger charge is -2.32. The zero-order chi connectivity index (χ0) is 29.9. The molecule has 0 fully saturated rings. The van der Waals surface area contributed by atoms with Gasteiger partial charge in [0.1, 0.15) is 12.2 Å². The Morgan fingerprint density at radius 2 is 1.85 bits per heavy atom. The van der Waals surface area contributed by atoms with Gasteiger partial charge in [0.05, 0.1) is 37.8 Å². The molecule has 0 saturated heterocycles. The first-order chi connectivity index (χ1) is 18.7. The number of likely N-dealkylation sites (N-methyl/N-ethyl adjacent to an activating group) is 1. The van der Waals surface area contributed by atoms with Crippen molar-refractivity contribution in [2.24, 2.45) is 5.73 Å². The molecular weight excluding hydrogens is 526 g/mol. The van der Waals surface area contributed by atoms with Crippen molar-refractivity contribution in [3.63, 3.8) is 0 Å². The number of aromatic nitrogens is 1. The monoisotopic (exact) mass is 571 g/mol. The number of fused-ring (bicyclic) bond motifs is 2. The van der Waals surface area contributed by atoms with E-state index in [1.165, 1.54) is 17.4 Å². The molecule has 8 nitrogen and oxygen atoms in total. The lowest BCUT2D eigenvalue weighted by atomic mass is 9.98. The van der Waals surface area contributed by atoms with Crippen LogP contribution < -0.4 is 5.73 Å². The van der Waals surface area contributed by atoms with Gasteiger partial charge in [-0.3, -0.25) is 4.79 Å². The molecule has 0 spiro atoms. The summed E-state index contributed by atoms with van der Waals surface area (Å²) in [6.45, 7) is 10.1. The average Bonchev–Trinajstić information content (AvgIpc) is 3.28. The van der Waals surface area contributed by atoms with Gasteiger partial charge in [0.25, 0.3) is 0 Å². The molecule has 220 valence electrons. The van der Waals surface area contributed by atoms with Crippen molar-refractivity contribution in [2.75, 3.05) is 20.6 Å². The molecule has 2 rings (SSSR count). The molecule has 1 aliphatic heterocycles. The molecule has 0 amide bonds. The predicted molar refractivity (Wildman–Crippen MR) is 161 cm³/mol. The lowest BCUT2D eigenvalue weighted by Crippen LogP contribution is -2.32. The van der Waals surface area contributed by atoms with E-state index in [-0.39, 0.29) is 35.1 Å². The van der Waals surface area contributed by atoms with Crippen molar-refractivity contribution in [1.82, 2.24) is 4.98 Å². The third-order valence-corrected chi connectivity index (χ3v) is 7.16. The fraction of sp³-hybridized carbons (Fsp3) is 0.516. The van der Waals surface area contributed by atoms with Gasteiger partial charge < -0.3 is 25.1 Å². The van der Waals surface area contributed by atoms with Crippen LogP contribution in [0.1, 0.15) is 70.5 Å². The largest absolute Gasteiger partial charge is 0.633 e. The lowest BCUT2D eigenvalue weighted by molar-refractivity contribution is -0.833. The number of carbonyl (C=O) groups excluding carboxylic acids is 2. The molecule has 4 unspecified atom stereocenters. The van der Waals surface area contributed by atoms with Crippen LogP contribution in [0.4, 0.5) is 0 Å². The van der Waals surface area contributed by atoms with Crippen molar-refractivity contribution < 1.29 is 23.7 Å². The fourth-order valence-electron chi connectivity index (χ4n) is 4.18. The van der Waals surface area contributed by atoms with Crippen LogP contribution in [0.3, 0.4) is 0 Å². The Morgan fingerprint density at radius 3 is 2.55 bits per heavy atom. The Hall–Kier alpha value is -2.85. The normalized spacial score (nSPS) is 27.2. The minimum absolute atomic E-state index is 0.0640. The second kappa shape index (κ2) is 15.8. The standard InChI is InChI=1S/C31H45N3O5S/c1-21(13-14-34(6,7)37)11-12-23(3)16-27-19-29-33-28(20-40-29)24(4)17-26(32)18-31(36)38-25(5)15-22(2)9-8-10-30(35)39-27/h8-13,16,20,24-27H,14-15,17-19,32H2,1-7H3/b10-8-,12-11+,21-13+,22-9+,23-16+. The molecule has 2 bridgehead atoms. The molecule has 0 saturated carbocycles. The second-order valence-corrected chi connectivity index (χ2v) is 12.2. The number of allylic oxidation sites excluding steroid dienone is 6. The number of nitrogens with zero attached hydrogens (tertiary/aromatic N) is 2. The van der Waals surface area contributed by atoms with Crippen LogP contribution >= 0.6 is 11.3 Å². The maximum atomic E-state index is 12.7. The van der Waals surface area contributed by atoms with E-state index in [1.54, 1.807) is 20.2 Å². The van der Waals surface area contributed by atoms with Gasteiger partial charge in [-0.2, -0.15) is 0 Å². The Balaban J connectivity index is 2.30. The first kappa shape index (κ1) is 33.4. The first-order valence-electron chi connectivity index (χ1n) is 13.7. The number of cyclic esters (lactones) is 2. The topological polar surface area (TPSA) is 115 Å². The molecule has 1 aromatic heterocycles. The van der Waals surface area contributed by atoms with Crippen LogP contribution in [-0.2, 0) is 25.5 Å². The van der Waals surface area contributed by atoms with Gasteiger partial charge in [-0.1, -0.05) is 42.4 Å². The number of ether oxygens (including phenoxy) is 2. The number of quaternary nitrogens is 1. The summed E-state index contributed by atoms with van der Waals surface area (Å²) >= 11 is 1.51. The summed E-state index contributed by atoms with van der Waals surface area (Å²) in [5.74, 6) is -0.703. The molecule has 2 N–H and O–H groups in total. The highest BCUT2D eigenvalue weighted by Gasteiger charge is 2.20. The van der Waals surface area contributed by atoms with Gasteiger partial charge in [0.2, 0.25) is 0 Å². The van der Waals surface area contributed by atoms with Crippen molar-refractivity contribution in [3.8, 4) is 0 Å². The zero-order valence-electron chi connectivity index (χ0n) is 24.9. The van der Waals surface area contributed by atoms with Crippen LogP contribution in [0.5, 0.6) is 0 Å². The molecule has 0 radical (unpaired) electrons. The minimum atomic E-state index is -0.516. The molecule has 4 atom stereocenters. The highest BCUT2D eigenvalue weighted by molar-refractivity contribution is 7.09. The predicted octanol–water partition coefficient (Wildman–Crippen LogP) is 5.67. The number of esters is 2. The third-order valence-electron chi connectivity index (χ3n) is 6.27. The van der Waals surface area contributed by atoms with Crippen LogP contribution in [0.15, 0.2) is 64.6 Å². The molecule has 40 heavy (non-hydrogen) atoms. The summed E-state index contributed by atoms with van der Waals surface area (Å²) < 4.78 is 11.0. The Morgan fingerprint density at radius 1 is 1.15 bits per heavy atom. The highest BCUT2D eigenvalue weighted by atomic mass is 32.1.